The van der Waals surface area contributed by atoms with Gasteiger partial charge in [-0.05, 0) is 187 Å². The first-order valence-corrected chi connectivity index (χ1v) is 35.7. The lowest BCUT2D eigenvalue weighted by molar-refractivity contribution is -0.130. The summed E-state index contributed by atoms with van der Waals surface area (Å²) >= 11 is 0. The second-order valence-electron chi connectivity index (χ2n) is 32.5. The minimum absolute atomic E-state index is 0.0159. The van der Waals surface area contributed by atoms with E-state index in [-0.39, 0.29) is 129 Å². The molecule has 0 aromatic rings. The van der Waals surface area contributed by atoms with Crippen LogP contribution in [0.1, 0.15) is 324 Å². The van der Waals surface area contributed by atoms with Gasteiger partial charge in [0.25, 0.3) is 0 Å². The molecule has 0 aromatic carbocycles. The van der Waals surface area contributed by atoms with Crippen molar-refractivity contribution in [1.82, 2.24) is 31.9 Å². The summed E-state index contributed by atoms with van der Waals surface area (Å²) in [6, 6.07) is 1.41. The Bertz CT molecular complexity index is 1870. The maximum absolute atomic E-state index is 12.0. The zero-order chi connectivity index (χ0) is 71.9. The van der Waals surface area contributed by atoms with Crippen molar-refractivity contribution in [2.45, 2.75) is 360 Å². The van der Waals surface area contributed by atoms with Crippen LogP contribution in [-0.2, 0) is 28.8 Å². The van der Waals surface area contributed by atoms with Crippen LogP contribution in [0.25, 0.3) is 0 Å². The number of nitrogens with one attached hydrogen (secondary N) is 6. The SMILES string of the molecule is C=CCCC(C(=O)NC(C)C)C(C)(C)C.C=CCCC(C(=O)NC(C)C)C(C)C.C=CCCC(CC(C)(C)C)C(=O)NC(C)C.CCCCC(C(=O)NC(C)C)C(C)(C)C.CCCCC(C(=O)NC(C)C)C(C)C.CCCCC(CC(C)(C)C)C(=O)NC(C)C. The molecule has 0 radical (unpaired) electrons. The lowest BCUT2D eigenvalue weighted by atomic mass is 9.77. The molecule has 0 spiro atoms. The maximum atomic E-state index is 12.0. The molecule has 0 saturated carbocycles. The number of carbonyl (C=O) groups excluding carboxylic acids is 6. The molecule has 0 fully saturated rings. The molecule has 0 rings (SSSR count). The van der Waals surface area contributed by atoms with E-state index >= 15 is 0 Å². The molecule has 6 atom stereocenters. The molecule has 12 nitrogen and oxygen atoms in total. The summed E-state index contributed by atoms with van der Waals surface area (Å²) in [6.07, 6.45) is 22.9. The van der Waals surface area contributed by atoms with Crippen LogP contribution in [0.3, 0.4) is 0 Å². The largest absolute Gasteiger partial charge is 0.354 e. The van der Waals surface area contributed by atoms with Crippen LogP contribution < -0.4 is 31.9 Å². The maximum Gasteiger partial charge on any atom is 0.223 e. The predicted octanol–water partition coefficient (Wildman–Crippen LogP) is 19.5. The number of hydrogen-bond acceptors (Lipinski definition) is 6. The van der Waals surface area contributed by atoms with Crippen molar-refractivity contribution in [2.24, 2.45) is 69.0 Å². The third-order valence-electron chi connectivity index (χ3n) is 14.7. The second kappa shape index (κ2) is 53.4. The van der Waals surface area contributed by atoms with Crippen molar-refractivity contribution in [3.05, 3.63) is 38.0 Å². The molecule has 0 bridgehead atoms. The van der Waals surface area contributed by atoms with E-state index in [0.29, 0.717) is 11.8 Å². The summed E-state index contributed by atoms with van der Waals surface area (Å²) in [4.78, 5) is 71.5. The summed E-state index contributed by atoms with van der Waals surface area (Å²) in [5.41, 5.74) is 0.503. The fourth-order valence-corrected chi connectivity index (χ4v) is 10.1. The van der Waals surface area contributed by atoms with Crippen LogP contribution in [-0.4, -0.2) is 71.7 Å². The van der Waals surface area contributed by atoms with E-state index in [2.05, 4.69) is 183 Å². The van der Waals surface area contributed by atoms with Gasteiger partial charge in [0, 0.05) is 71.8 Å². The predicted molar refractivity (Wildman–Crippen MR) is 394 cm³/mol. The standard InChI is InChI=1S/C14H29NO.C14H27NO.C13H27NO.C13H25NO.C12H25NO.C12H23NO/c2*1-7-8-9-12(10-14(4,5)6)13(16)15-11(2)3;2*1-7-8-9-11(13(4,5)6)12(15)14-10(2)3;2*1-6-7-8-11(9(2)3)12(14)13-10(4)5/h11-12H,7-10H2,1-6H3,(H,15,16);7,11-12H,1,8-10H2,2-6H3,(H,15,16);10-11H,7-9H2,1-6H3,(H,14,15);7,10-11H,1,8-9H2,2-6H3,(H,14,15);9-11H,6-8H2,1-5H3,(H,13,14);6,9-11H,1,7-8H2,2-5H3,(H,13,14). The highest BCUT2D eigenvalue weighted by Gasteiger charge is 2.32. The van der Waals surface area contributed by atoms with E-state index in [4.69, 9.17) is 0 Å². The lowest BCUT2D eigenvalue weighted by Gasteiger charge is -2.30. The normalized spacial score (nSPS) is 13.6. The molecule has 90 heavy (non-hydrogen) atoms. The first kappa shape index (κ1) is 97.1. The highest BCUT2D eigenvalue weighted by atomic mass is 16.2. The van der Waals surface area contributed by atoms with Gasteiger partial charge in [-0.2, -0.15) is 0 Å². The zero-order valence-electron chi connectivity index (χ0n) is 65.4. The van der Waals surface area contributed by atoms with Crippen molar-refractivity contribution in [1.29, 1.82) is 0 Å². The molecular weight excluding hydrogens is 1120 g/mol. The van der Waals surface area contributed by atoms with Crippen LogP contribution >= 0.6 is 0 Å². The van der Waals surface area contributed by atoms with Gasteiger partial charge in [0.15, 0.2) is 0 Å². The smallest absolute Gasteiger partial charge is 0.223 e. The summed E-state index contributed by atoms with van der Waals surface area (Å²) < 4.78 is 0. The van der Waals surface area contributed by atoms with Crippen LogP contribution in [0.5, 0.6) is 0 Å². The Hall–Kier alpha value is -3.96. The van der Waals surface area contributed by atoms with Crippen molar-refractivity contribution in [2.75, 3.05) is 0 Å². The number of carbonyl (C=O) groups is 6. The summed E-state index contributed by atoms with van der Waals surface area (Å²) in [6.45, 7) is 76.0. The second-order valence-corrected chi connectivity index (χ2v) is 32.5. The van der Waals surface area contributed by atoms with Gasteiger partial charge in [0.2, 0.25) is 35.4 Å². The van der Waals surface area contributed by atoms with Gasteiger partial charge in [0.1, 0.15) is 0 Å². The van der Waals surface area contributed by atoms with Gasteiger partial charge in [-0.3, -0.25) is 28.8 Å². The fourth-order valence-electron chi connectivity index (χ4n) is 10.1. The molecule has 0 aliphatic rings. The van der Waals surface area contributed by atoms with Crippen molar-refractivity contribution in [3.8, 4) is 0 Å². The topological polar surface area (TPSA) is 175 Å². The van der Waals surface area contributed by atoms with Crippen molar-refractivity contribution < 1.29 is 28.8 Å². The average Bonchev–Trinajstić information content (AvgIpc) is 2.62. The highest BCUT2D eigenvalue weighted by Crippen LogP contribution is 2.32. The summed E-state index contributed by atoms with van der Waals surface area (Å²) in [7, 11) is 0. The highest BCUT2D eigenvalue weighted by molar-refractivity contribution is 5.81. The van der Waals surface area contributed by atoms with Crippen LogP contribution in [0.4, 0.5) is 0 Å². The Morgan fingerprint density at radius 3 is 0.844 bits per heavy atom. The van der Waals surface area contributed by atoms with Crippen LogP contribution in [0.2, 0.25) is 0 Å². The zero-order valence-corrected chi connectivity index (χ0v) is 65.4. The Kier molecular flexibility index (Phi) is 57.6. The minimum atomic E-state index is 0.0159. The minimum Gasteiger partial charge on any atom is -0.354 e. The van der Waals surface area contributed by atoms with Crippen molar-refractivity contribution in [3.63, 3.8) is 0 Å². The van der Waals surface area contributed by atoms with Crippen molar-refractivity contribution >= 4 is 35.4 Å². The Morgan fingerprint density at radius 2 is 0.567 bits per heavy atom. The number of rotatable bonds is 34. The molecule has 0 aliphatic heterocycles. The Morgan fingerprint density at radius 1 is 0.322 bits per heavy atom. The van der Waals surface area contributed by atoms with Gasteiger partial charge in [0.05, 0.1) is 0 Å². The Balaban J connectivity index is -0.000000235. The molecular formula is C78H156N6O6. The molecule has 6 unspecified atom stereocenters. The summed E-state index contributed by atoms with van der Waals surface area (Å²) in [5, 5.41) is 18.0. The van der Waals surface area contributed by atoms with Gasteiger partial charge < -0.3 is 31.9 Å². The molecule has 0 aromatic heterocycles. The molecule has 6 N–H and O–H groups in total. The molecule has 12 heteroatoms. The molecule has 6 amide bonds. The van der Waals surface area contributed by atoms with E-state index in [1.54, 1.807) is 0 Å². The summed E-state index contributed by atoms with van der Waals surface area (Å²) in [5.74, 6) is 2.86. The van der Waals surface area contributed by atoms with E-state index in [9.17, 15) is 28.8 Å². The van der Waals surface area contributed by atoms with E-state index in [0.717, 1.165) is 109 Å². The molecule has 0 aliphatic carbocycles. The van der Waals surface area contributed by atoms with Gasteiger partial charge in [-0.25, -0.2) is 0 Å². The van der Waals surface area contributed by atoms with Crippen LogP contribution in [0, 0.1) is 69.0 Å². The monoisotopic (exact) mass is 1270 g/mol. The number of allylic oxidation sites excluding steroid dienone is 3. The van der Waals surface area contributed by atoms with E-state index in [1.165, 1.54) is 0 Å². The third-order valence-corrected chi connectivity index (χ3v) is 14.7. The molecule has 0 saturated heterocycles. The van der Waals surface area contributed by atoms with Gasteiger partial charge >= 0.3 is 0 Å². The number of unbranched alkanes of at least 4 members (excludes halogenated alkanes) is 3. The quantitative estimate of drug-likeness (QED) is 0.0350. The third kappa shape index (κ3) is 60.3. The first-order chi connectivity index (χ1) is 41.1. The molecule has 534 valence electrons. The number of amides is 6. The van der Waals surface area contributed by atoms with Gasteiger partial charge in [-0.1, -0.05) is 188 Å². The average molecular weight is 1270 g/mol. The number of hydrogen-bond donors (Lipinski definition) is 6. The van der Waals surface area contributed by atoms with E-state index < -0.39 is 0 Å². The first-order valence-electron chi connectivity index (χ1n) is 35.7. The lowest BCUT2D eigenvalue weighted by Crippen LogP contribution is -2.41. The molecule has 0 heterocycles. The van der Waals surface area contributed by atoms with Crippen LogP contribution in [0.15, 0.2) is 38.0 Å². The van der Waals surface area contributed by atoms with Gasteiger partial charge in [-0.15, -0.1) is 19.7 Å². The Labute approximate surface area is 560 Å². The van der Waals surface area contributed by atoms with E-state index in [1.807, 2.05) is 101 Å². The fraction of sp³-hybridized carbons (Fsp3) is 0.846.